The molecule has 0 unspecified atom stereocenters. The lowest BCUT2D eigenvalue weighted by Gasteiger charge is -2.13. The fourth-order valence-corrected chi connectivity index (χ4v) is 2.61. The van der Waals surface area contributed by atoms with Crippen molar-refractivity contribution in [2.24, 2.45) is 5.73 Å². The number of carboxylic acids is 2. The lowest BCUT2D eigenvalue weighted by atomic mass is 10.1. The van der Waals surface area contributed by atoms with Crippen LogP contribution in [0.15, 0.2) is 54.7 Å². The molecule has 9 nitrogen and oxygen atoms in total. The maximum absolute atomic E-state index is 13.6. The molecule has 0 bridgehead atoms. The number of aromatic nitrogens is 1. The molecule has 3 aromatic rings. The van der Waals surface area contributed by atoms with Crippen LogP contribution >= 0.6 is 0 Å². The highest BCUT2D eigenvalue weighted by Gasteiger charge is 2.39. The average Bonchev–Trinajstić information content (AvgIpc) is 2.92. The molecule has 3 rings (SSSR count). The summed E-state index contributed by atoms with van der Waals surface area (Å²) in [6.45, 7) is 0. The van der Waals surface area contributed by atoms with E-state index in [1.165, 1.54) is 12.1 Å². The highest BCUT2D eigenvalue weighted by molar-refractivity contribution is 5.95. The molecule has 0 spiro atoms. The van der Waals surface area contributed by atoms with E-state index in [4.69, 9.17) is 30.3 Å². The summed E-state index contributed by atoms with van der Waals surface area (Å²) in [5, 5.41) is 16.3. The number of ether oxygens (including phenoxy) is 1. The molecule has 1 amide bonds. The number of anilines is 1. The van der Waals surface area contributed by atoms with Crippen LogP contribution in [-0.4, -0.2) is 51.4 Å². The Morgan fingerprint density at radius 3 is 1.67 bits per heavy atom. The molecule has 1 heterocycles. The third-order valence-electron chi connectivity index (χ3n) is 4.75. The number of nitrogens with two attached hydrogens (primary N) is 1. The summed E-state index contributed by atoms with van der Waals surface area (Å²) in [5.41, 5.74) is 4.93. The summed E-state index contributed by atoms with van der Waals surface area (Å²) in [6.07, 6.45) is -14.0. The van der Waals surface area contributed by atoms with Crippen LogP contribution in [0, 0.1) is 17.5 Å². The Hall–Kier alpha value is -5.08. The minimum atomic E-state index is -5.08. The van der Waals surface area contributed by atoms with Gasteiger partial charge in [-0.3, -0.25) is 4.79 Å². The first-order valence-corrected chi connectivity index (χ1v) is 11.5. The first-order chi connectivity index (χ1) is 20.9. The number of hydrogen-bond donors (Lipinski definition) is 4. The Morgan fingerprint density at radius 2 is 1.26 bits per heavy atom. The normalized spacial score (nSPS) is 12.0. The fourth-order valence-electron chi connectivity index (χ4n) is 2.61. The van der Waals surface area contributed by atoms with Crippen molar-refractivity contribution in [1.82, 2.24) is 4.98 Å². The zero-order valence-electron chi connectivity index (χ0n) is 22.1. The van der Waals surface area contributed by atoms with E-state index < -0.39 is 71.1 Å². The third-order valence-corrected chi connectivity index (χ3v) is 4.75. The molecule has 2 aromatic carbocycles. The second kappa shape index (κ2) is 15.8. The Balaban J connectivity index is 0.000000629. The van der Waals surface area contributed by atoms with E-state index in [2.05, 4.69) is 10.3 Å². The topological polar surface area (TPSA) is 152 Å². The van der Waals surface area contributed by atoms with Crippen molar-refractivity contribution in [3.8, 4) is 11.6 Å². The van der Waals surface area contributed by atoms with Gasteiger partial charge in [0.2, 0.25) is 11.8 Å². The number of carbonyl (C=O) groups is 3. The number of halogens is 12. The molecule has 0 saturated heterocycles. The number of pyridine rings is 1. The maximum Gasteiger partial charge on any atom is 0.490 e. The van der Waals surface area contributed by atoms with Crippen LogP contribution in [-0.2, 0) is 27.0 Å². The van der Waals surface area contributed by atoms with Gasteiger partial charge in [-0.25, -0.2) is 27.7 Å². The summed E-state index contributed by atoms with van der Waals surface area (Å²) in [7, 11) is 0. The minimum Gasteiger partial charge on any atom is -0.475 e. The number of alkyl halides is 9. The van der Waals surface area contributed by atoms with E-state index in [9.17, 15) is 57.5 Å². The average molecular weight is 683 g/mol. The molecular formula is C25H17F12N3O6. The van der Waals surface area contributed by atoms with Gasteiger partial charge in [0.15, 0.2) is 11.6 Å². The van der Waals surface area contributed by atoms with Crippen molar-refractivity contribution in [1.29, 1.82) is 0 Å². The Morgan fingerprint density at radius 1 is 0.783 bits per heavy atom. The van der Waals surface area contributed by atoms with E-state index >= 15 is 0 Å². The van der Waals surface area contributed by atoms with Crippen LogP contribution in [0.1, 0.15) is 11.1 Å². The highest BCUT2D eigenvalue weighted by atomic mass is 19.4. The van der Waals surface area contributed by atoms with Gasteiger partial charge in [-0.15, -0.1) is 0 Å². The van der Waals surface area contributed by atoms with E-state index in [0.29, 0.717) is 23.9 Å². The number of carbonyl (C=O) groups excluding carboxylic acids is 1. The number of aliphatic carboxylic acids is 2. The molecule has 1 aromatic heterocycles. The van der Waals surface area contributed by atoms with Crippen molar-refractivity contribution >= 4 is 23.5 Å². The Kier molecular flexibility index (Phi) is 13.4. The third kappa shape index (κ3) is 13.3. The van der Waals surface area contributed by atoms with Gasteiger partial charge in [0, 0.05) is 24.4 Å². The van der Waals surface area contributed by atoms with Gasteiger partial charge in [0.05, 0.1) is 17.3 Å². The van der Waals surface area contributed by atoms with Crippen LogP contribution in [0.25, 0.3) is 0 Å². The Labute approximate surface area is 248 Å². The van der Waals surface area contributed by atoms with Crippen molar-refractivity contribution in [3.05, 3.63) is 83.3 Å². The summed E-state index contributed by atoms with van der Waals surface area (Å²) in [4.78, 5) is 33.5. The van der Waals surface area contributed by atoms with Gasteiger partial charge in [-0.1, -0.05) is 12.1 Å². The number of nitrogens with one attached hydrogen (secondary N) is 1. The summed E-state index contributed by atoms with van der Waals surface area (Å²) in [5.74, 6) is -9.96. The number of nitrogens with zero attached hydrogens (tertiary/aromatic N) is 1. The van der Waals surface area contributed by atoms with Gasteiger partial charge in [0.25, 0.3) is 0 Å². The molecule has 252 valence electrons. The Bertz CT molecular complexity index is 1470. The number of benzene rings is 2. The summed E-state index contributed by atoms with van der Waals surface area (Å²) >= 11 is 0. The molecule has 0 aliphatic heterocycles. The molecule has 0 fully saturated rings. The molecule has 0 aliphatic rings. The van der Waals surface area contributed by atoms with Crippen LogP contribution in [0.2, 0.25) is 0 Å². The van der Waals surface area contributed by atoms with Gasteiger partial charge in [-0.2, -0.15) is 39.5 Å². The van der Waals surface area contributed by atoms with Crippen LogP contribution in [0.5, 0.6) is 11.6 Å². The number of carboxylic acid groups (broad SMARTS) is 2. The predicted octanol–water partition coefficient (Wildman–Crippen LogP) is 6.09. The van der Waals surface area contributed by atoms with E-state index in [0.717, 1.165) is 12.1 Å². The molecule has 1 atom stereocenters. The van der Waals surface area contributed by atoms with Crippen LogP contribution in [0.4, 0.5) is 58.4 Å². The first-order valence-electron chi connectivity index (χ1n) is 11.5. The van der Waals surface area contributed by atoms with Crippen LogP contribution in [0.3, 0.4) is 0 Å². The standard InChI is InChI=1S/C21H15F6N3O2.2C2HF3O2/c22-14-8-16(24)18(9-15(14)23)30-20(31)17(28)7-11-1-4-13(5-2-11)32-19-6-3-12(10-29-19)21(25,26)27;2*3-2(4,5)1(6)7/h1-6,8-10,17H,7,28H2,(H,30,31);2*(H,6,7)/t17-;;/m0../s1. The lowest BCUT2D eigenvalue weighted by molar-refractivity contribution is -0.193. The first kappa shape index (κ1) is 38.9. The van der Waals surface area contributed by atoms with Gasteiger partial charge in [-0.05, 0) is 30.2 Å². The van der Waals surface area contributed by atoms with E-state index in [-0.39, 0.29) is 18.1 Å². The van der Waals surface area contributed by atoms with E-state index in [1.807, 2.05) is 0 Å². The fraction of sp³-hybridized carbons (Fsp3) is 0.200. The van der Waals surface area contributed by atoms with E-state index in [1.54, 1.807) is 12.1 Å². The summed E-state index contributed by atoms with van der Waals surface area (Å²) < 4.78 is 146. The smallest absolute Gasteiger partial charge is 0.475 e. The zero-order chi connectivity index (χ0) is 35.6. The predicted molar refractivity (Wildman–Crippen MR) is 130 cm³/mol. The lowest BCUT2D eigenvalue weighted by Crippen LogP contribution is -2.37. The molecule has 0 saturated carbocycles. The molecular weight excluding hydrogens is 666 g/mol. The maximum atomic E-state index is 13.6. The van der Waals surface area contributed by atoms with Gasteiger partial charge in [0.1, 0.15) is 11.6 Å². The molecule has 5 N–H and O–H groups in total. The molecule has 0 aliphatic carbocycles. The number of hydrogen-bond acceptors (Lipinski definition) is 6. The number of amides is 1. The highest BCUT2D eigenvalue weighted by Crippen LogP contribution is 2.30. The van der Waals surface area contributed by atoms with Crippen molar-refractivity contribution in [2.45, 2.75) is 31.0 Å². The number of rotatable bonds is 6. The van der Waals surface area contributed by atoms with Crippen molar-refractivity contribution in [3.63, 3.8) is 0 Å². The largest absolute Gasteiger partial charge is 0.490 e. The van der Waals surface area contributed by atoms with Crippen molar-refractivity contribution < 1.29 is 82.0 Å². The molecule has 0 radical (unpaired) electrons. The van der Waals surface area contributed by atoms with Gasteiger partial charge >= 0.3 is 30.5 Å². The second-order valence-electron chi connectivity index (χ2n) is 8.28. The monoisotopic (exact) mass is 683 g/mol. The van der Waals surface area contributed by atoms with Crippen molar-refractivity contribution in [2.75, 3.05) is 5.32 Å². The molecule has 21 heteroatoms. The SMILES string of the molecule is N[C@@H](Cc1ccc(Oc2ccc(C(F)(F)F)cn2)cc1)C(=O)Nc1cc(F)c(F)cc1F.O=C(O)C(F)(F)F.O=C(O)C(F)(F)F. The summed E-state index contributed by atoms with van der Waals surface area (Å²) in [6, 6.07) is 7.71. The minimum absolute atomic E-state index is 0.0237. The second-order valence-corrected chi connectivity index (χ2v) is 8.28. The quantitative estimate of drug-likeness (QED) is 0.180. The molecule has 46 heavy (non-hydrogen) atoms. The van der Waals surface area contributed by atoms with Crippen LogP contribution < -0.4 is 15.8 Å². The van der Waals surface area contributed by atoms with Gasteiger partial charge < -0.3 is 26.0 Å². The zero-order valence-corrected chi connectivity index (χ0v) is 22.1.